The van der Waals surface area contributed by atoms with Crippen molar-refractivity contribution in [3.05, 3.63) is 35.9 Å². The van der Waals surface area contributed by atoms with E-state index < -0.39 is 0 Å². The molecule has 1 saturated heterocycles. The van der Waals surface area contributed by atoms with Crippen molar-refractivity contribution >= 4 is 0 Å². The third-order valence-corrected chi connectivity index (χ3v) is 3.08. The zero-order valence-electron chi connectivity index (χ0n) is 8.56. The largest absolute Gasteiger partial charge is 0.387 e. The van der Waals surface area contributed by atoms with E-state index in [4.69, 9.17) is 0 Å². The fourth-order valence-corrected chi connectivity index (χ4v) is 2.21. The molecule has 2 atom stereocenters. The number of nitrogens with zero attached hydrogens (tertiary/aromatic N) is 1. The Morgan fingerprint density at radius 2 is 2.07 bits per heavy atom. The van der Waals surface area contributed by atoms with Gasteiger partial charge >= 0.3 is 0 Å². The maximum atomic E-state index is 10.1. The molecule has 1 unspecified atom stereocenters. The summed E-state index contributed by atoms with van der Waals surface area (Å²) in [7, 11) is 2.09. The van der Waals surface area contributed by atoms with Crippen molar-refractivity contribution in [2.75, 3.05) is 13.6 Å². The van der Waals surface area contributed by atoms with E-state index in [1.165, 1.54) is 6.42 Å². The Hall–Kier alpha value is -0.860. The maximum Gasteiger partial charge on any atom is 0.0945 e. The van der Waals surface area contributed by atoms with Crippen LogP contribution in [0.15, 0.2) is 30.3 Å². The van der Waals surface area contributed by atoms with E-state index in [-0.39, 0.29) is 6.10 Å². The Morgan fingerprint density at radius 3 is 2.64 bits per heavy atom. The van der Waals surface area contributed by atoms with Crippen molar-refractivity contribution in [3.8, 4) is 0 Å². The number of aliphatic hydroxyl groups is 1. The lowest BCUT2D eigenvalue weighted by Crippen LogP contribution is -2.30. The van der Waals surface area contributed by atoms with Gasteiger partial charge in [-0.25, -0.2) is 0 Å². The molecular weight excluding hydrogens is 174 g/mol. The quantitative estimate of drug-likeness (QED) is 0.770. The van der Waals surface area contributed by atoms with E-state index in [9.17, 15) is 5.11 Å². The number of aliphatic hydroxyl groups excluding tert-OH is 1. The van der Waals surface area contributed by atoms with Gasteiger partial charge in [0.25, 0.3) is 0 Å². The molecular formula is C12H17NO. The summed E-state index contributed by atoms with van der Waals surface area (Å²) >= 11 is 0. The van der Waals surface area contributed by atoms with Gasteiger partial charge in [0, 0.05) is 6.04 Å². The lowest BCUT2D eigenvalue weighted by molar-refractivity contribution is 0.0857. The first-order valence-corrected chi connectivity index (χ1v) is 5.22. The molecule has 1 N–H and O–H groups in total. The Bertz CT molecular complexity index is 286. The summed E-state index contributed by atoms with van der Waals surface area (Å²) in [6, 6.07) is 10.2. The first-order valence-electron chi connectivity index (χ1n) is 5.22. The highest BCUT2D eigenvalue weighted by molar-refractivity contribution is 5.19. The van der Waals surface area contributed by atoms with Crippen LogP contribution in [0.2, 0.25) is 0 Å². The number of likely N-dealkylation sites (N-methyl/N-ethyl adjacent to an activating group) is 1. The molecule has 0 saturated carbocycles. The molecule has 14 heavy (non-hydrogen) atoms. The van der Waals surface area contributed by atoms with Crippen molar-refractivity contribution in [1.82, 2.24) is 4.90 Å². The van der Waals surface area contributed by atoms with E-state index in [2.05, 4.69) is 11.9 Å². The Morgan fingerprint density at radius 1 is 1.36 bits per heavy atom. The van der Waals surface area contributed by atoms with Gasteiger partial charge in [0.2, 0.25) is 0 Å². The van der Waals surface area contributed by atoms with E-state index >= 15 is 0 Å². The van der Waals surface area contributed by atoms with Gasteiger partial charge in [0.1, 0.15) is 0 Å². The summed E-state index contributed by atoms with van der Waals surface area (Å²) in [5.74, 6) is 0. The predicted octanol–water partition coefficient (Wildman–Crippen LogP) is 1.81. The van der Waals surface area contributed by atoms with E-state index in [0.717, 1.165) is 18.5 Å². The molecule has 1 fully saturated rings. The highest BCUT2D eigenvalue weighted by atomic mass is 16.3. The molecule has 1 heterocycles. The minimum absolute atomic E-state index is 0.303. The standard InChI is InChI=1S/C12H17NO/c1-13-9-5-8-11(13)12(14)10-6-3-2-4-7-10/h2-4,6-7,11-12,14H,5,8-9H2,1H3/t11-,12?/m1/s1. The van der Waals surface area contributed by atoms with Gasteiger partial charge in [-0.2, -0.15) is 0 Å². The minimum Gasteiger partial charge on any atom is -0.387 e. The zero-order valence-corrected chi connectivity index (χ0v) is 8.56. The van der Waals surface area contributed by atoms with Gasteiger partial charge in [-0.1, -0.05) is 30.3 Å². The van der Waals surface area contributed by atoms with Gasteiger partial charge in [0.05, 0.1) is 6.10 Å². The van der Waals surface area contributed by atoms with Crippen LogP contribution >= 0.6 is 0 Å². The van der Waals surface area contributed by atoms with Crippen LogP contribution in [0, 0.1) is 0 Å². The molecule has 1 aromatic rings. The average Bonchev–Trinajstić information content (AvgIpc) is 2.65. The van der Waals surface area contributed by atoms with Crippen LogP contribution < -0.4 is 0 Å². The summed E-state index contributed by atoms with van der Waals surface area (Å²) in [6.45, 7) is 1.11. The third-order valence-electron chi connectivity index (χ3n) is 3.08. The highest BCUT2D eigenvalue weighted by Gasteiger charge is 2.28. The van der Waals surface area contributed by atoms with Crippen molar-refractivity contribution in [2.24, 2.45) is 0 Å². The molecule has 0 radical (unpaired) electrons. The van der Waals surface area contributed by atoms with Crippen LogP contribution in [0.5, 0.6) is 0 Å². The van der Waals surface area contributed by atoms with Crippen LogP contribution in [0.4, 0.5) is 0 Å². The number of benzene rings is 1. The van der Waals surface area contributed by atoms with Crippen LogP contribution in [0.25, 0.3) is 0 Å². The first-order chi connectivity index (χ1) is 6.79. The normalized spacial score (nSPS) is 25.1. The number of hydrogen-bond donors (Lipinski definition) is 1. The van der Waals surface area contributed by atoms with Crippen LogP contribution in [-0.4, -0.2) is 29.6 Å². The molecule has 2 heteroatoms. The Labute approximate surface area is 85.2 Å². The zero-order chi connectivity index (χ0) is 9.97. The molecule has 1 aliphatic heterocycles. The van der Waals surface area contributed by atoms with Gasteiger partial charge in [-0.15, -0.1) is 0 Å². The van der Waals surface area contributed by atoms with Gasteiger partial charge in [-0.3, -0.25) is 0 Å². The summed E-state index contributed by atoms with van der Waals surface area (Å²) in [5, 5.41) is 10.1. The SMILES string of the molecule is CN1CCC[C@@H]1C(O)c1ccccc1. The summed E-state index contributed by atoms with van der Waals surface area (Å²) in [4.78, 5) is 2.25. The van der Waals surface area contributed by atoms with Gasteiger partial charge in [0.15, 0.2) is 0 Å². The fraction of sp³-hybridized carbons (Fsp3) is 0.500. The van der Waals surface area contributed by atoms with Crippen molar-refractivity contribution < 1.29 is 5.11 Å². The molecule has 2 rings (SSSR count). The predicted molar refractivity (Wildman–Crippen MR) is 57.1 cm³/mol. The topological polar surface area (TPSA) is 23.5 Å². The van der Waals surface area contributed by atoms with E-state index in [1.54, 1.807) is 0 Å². The lowest BCUT2D eigenvalue weighted by atomic mass is 10.0. The second kappa shape index (κ2) is 4.11. The smallest absolute Gasteiger partial charge is 0.0945 e. The molecule has 0 aliphatic carbocycles. The van der Waals surface area contributed by atoms with E-state index in [0.29, 0.717) is 6.04 Å². The molecule has 0 amide bonds. The van der Waals surface area contributed by atoms with Crippen molar-refractivity contribution in [3.63, 3.8) is 0 Å². The van der Waals surface area contributed by atoms with Gasteiger partial charge in [-0.05, 0) is 32.0 Å². The average molecular weight is 191 g/mol. The summed E-state index contributed by atoms with van der Waals surface area (Å²) in [5.41, 5.74) is 1.03. The second-order valence-corrected chi connectivity index (χ2v) is 4.05. The number of hydrogen-bond acceptors (Lipinski definition) is 2. The molecule has 0 spiro atoms. The van der Waals surface area contributed by atoms with Crippen molar-refractivity contribution in [1.29, 1.82) is 0 Å². The monoisotopic (exact) mass is 191 g/mol. The van der Waals surface area contributed by atoms with Crippen LogP contribution in [-0.2, 0) is 0 Å². The molecule has 1 aliphatic rings. The molecule has 0 bridgehead atoms. The first kappa shape index (κ1) is 9.69. The van der Waals surface area contributed by atoms with Crippen LogP contribution in [0.3, 0.4) is 0 Å². The van der Waals surface area contributed by atoms with Gasteiger partial charge < -0.3 is 10.0 Å². The Balaban J connectivity index is 2.12. The third kappa shape index (κ3) is 1.81. The molecule has 76 valence electrons. The number of likely N-dealkylation sites (tertiary alicyclic amines) is 1. The van der Waals surface area contributed by atoms with Crippen LogP contribution in [0.1, 0.15) is 24.5 Å². The maximum absolute atomic E-state index is 10.1. The number of rotatable bonds is 2. The molecule has 2 nitrogen and oxygen atoms in total. The minimum atomic E-state index is -0.330. The van der Waals surface area contributed by atoms with E-state index in [1.807, 2.05) is 30.3 Å². The summed E-state index contributed by atoms with van der Waals surface area (Å²) in [6.07, 6.45) is 1.97. The molecule has 1 aromatic carbocycles. The van der Waals surface area contributed by atoms with Crippen molar-refractivity contribution in [2.45, 2.75) is 25.0 Å². The Kier molecular flexibility index (Phi) is 2.85. The molecule has 0 aromatic heterocycles. The summed E-state index contributed by atoms with van der Waals surface area (Å²) < 4.78 is 0. The lowest BCUT2D eigenvalue weighted by Gasteiger charge is -2.25. The fourth-order valence-electron chi connectivity index (χ4n) is 2.21. The highest BCUT2D eigenvalue weighted by Crippen LogP contribution is 2.27. The second-order valence-electron chi connectivity index (χ2n) is 4.05.